The van der Waals surface area contributed by atoms with E-state index < -0.39 is 0 Å². The second kappa shape index (κ2) is 8.06. The van der Waals surface area contributed by atoms with Crippen molar-refractivity contribution in [1.29, 1.82) is 0 Å². The minimum atomic E-state index is -0.00527. The predicted molar refractivity (Wildman–Crippen MR) is 87.3 cm³/mol. The van der Waals surface area contributed by atoms with Crippen molar-refractivity contribution >= 4 is 6.03 Å². The molecule has 0 aromatic heterocycles. The second-order valence-electron chi connectivity index (χ2n) is 6.41. The van der Waals surface area contributed by atoms with E-state index in [0.717, 1.165) is 19.3 Å². The molecule has 116 valence electrons. The Bertz CT molecular complexity index is 432. The monoisotopic (exact) mass is 288 g/mol. The molecule has 1 aromatic carbocycles. The number of urea groups is 1. The predicted octanol–water partition coefficient (Wildman–Crippen LogP) is 3.89. The summed E-state index contributed by atoms with van der Waals surface area (Å²) in [6.45, 7) is 4.32. The maximum atomic E-state index is 12.1. The number of carbonyl (C=O) groups is 1. The van der Waals surface area contributed by atoms with E-state index in [9.17, 15) is 4.79 Å². The van der Waals surface area contributed by atoms with Gasteiger partial charge in [0.25, 0.3) is 0 Å². The molecule has 0 saturated heterocycles. The van der Waals surface area contributed by atoms with Crippen LogP contribution >= 0.6 is 0 Å². The summed E-state index contributed by atoms with van der Waals surface area (Å²) in [6, 6.07) is 11.0. The molecule has 0 bridgehead atoms. The molecule has 3 atom stereocenters. The van der Waals surface area contributed by atoms with Gasteiger partial charge >= 0.3 is 6.03 Å². The lowest BCUT2D eigenvalue weighted by Crippen LogP contribution is -2.48. The highest BCUT2D eigenvalue weighted by atomic mass is 16.2. The summed E-state index contributed by atoms with van der Waals surface area (Å²) in [4.78, 5) is 12.1. The minimum absolute atomic E-state index is 0.00527. The zero-order valence-electron chi connectivity index (χ0n) is 13.3. The van der Waals surface area contributed by atoms with Gasteiger partial charge in [-0.25, -0.2) is 4.79 Å². The van der Waals surface area contributed by atoms with Gasteiger partial charge in [-0.2, -0.15) is 0 Å². The van der Waals surface area contributed by atoms with E-state index in [-0.39, 0.29) is 12.1 Å². The molecule has 3 heteroatoms. The number of hydrogen-bond acceptors (Lipinski definition) is 1. The van der Waals surface area contributed by atoms with Crippen LogP contribution in [0.1, 0.15) is 51.5 Å². The highest BCUT2D eigenvalue weighted by Crippen LogP contribution is 2.23. The molecule has 3 nitrogen and oxygen atoms in total. The van der Waals surface area contributed by atoms with Crippen molar-refractivity contribution < 1.29 is 4.79 Å². The Morgan fingerprint density at radius 2 is 1.95 bits per heavy atom. The zero-order chi connectivity index (χ0) is 15.1. The van der Waals surface area contributed by atoms with Crippen molar-refractivity contribution in [1.82, 2.24) is 10.6 Å². The summed E-state index contributed by atoms with van der Waals surface area (Å²) < 4.78 is 0. The number of nitrogens with one attached hydrogen (secondary N) is 2. The fraction of sp³-hybridized carbons (Fsp3) is 0.611. The first-order chi connectivity index (χ1) is 10.1. The molecule has 2 rings (SSSR count). The first-order valence-electron chi connectivity index (χ1n) is 8.26. The van der Waals surface area contributed by atoms with Crippen LogP contribution in [0.25, 0.3) is 0 Å². The quantitative estimate of drug-likeness (QED) is 0.848. The summed E-state index contributed by atoms with van der Waals surface area (Å²) in [5, 5.41) is 6.22. The van der Waals surface area contributed by atoms with E-state index in [1.54, 1.807) is 0 Å². The van der Waals surface area contributed by atoms with Crippen molar-refractivity contribution in [2.75, 3.05) is 0 Å². The summed E-state index contributed by atoms with van der Waals surface area (Å²) in [6.07, 6.45) is 6.86. The van der Waals surface area contributed by atoms with Crippen LogP contribution in [-0.4, -0.2) is 18.1 Å². The van der Waals surface area contributed by atoms with E-state index in [4.69, 9.17) is 0 Å². The molecule has 0 spiro atoms. The molecule has 0 aliphatic heterocycles. The first-order valence-corrected chi connectivity index (χ1v) is 8.26. The Morgan fingerprint density at radius 3 is 2.67 bits per heavy atom. The van der Waals surface area contributed by atoms with Crippen LogP contribution in [0, 0.1) is 5.92 Å². The SMILES string of the molecule is C[C@H](CCc1ccccc1)NC(=O)N[C@H]1CCCC[C@H]1C. The first kappa shape index (κ1) is 15.9. The topological polar surface area (TPSA) is 41.1 Å². The third-order valence-corrected chi connectivity index (χ3v) is 4.51. The molecule has 2 amide bonds. The number of rotatable bonds is 5. The Kier molecular flexibility index (Phi) is 6.09. The molecule has 21 heavy (non-hydrogen) atoms. The zero-order valence-corrected chi connectivity index (χ0v) is 13.3. The van der Waals surface area contributed by atoms with Crippen LogP contribution in [0.3, 0.4) is 0 Å². The summed E-state index contributed by atoms with van der Waals surface area (Å²) in [5.74, 6) is 0.601. The lowest BCUT2D eigenvalue weighted by atomic mass is 9.86. The average molecular weight is 288 g/mol. The van der Waals surface area contributed by atoms with E-state index in [1.807, 2.05) is 6.07 Å². The molecule has 1 saturated carbocycles. The van der Waals surface area contributed by atoms with E-state index in [2.05, 4.69) is 48.7 Å². The molecule has 1 fully saturated rings. The molecule has 0 heterocycles. The summed E-state index contributed by atoms with van der Waals surface area (Å²) in [7, 11) is 0. The molecule has 2 N–H and O–H groups in total. The molecule has 1 aliphatic carbocycles. The van der Waals surface area contributed by atoms with E-state index >= 15 is 0 Å². The maximum Gasteiger partial charge on any atom is 0.315 e. The number of benzene rings is 1. The van der Waals surface area contributed by atoms with Gasteiger partial charge in [-0.05, 0) is 44.1 Å². The van der Waals surface area contributed by atoms with Gasteiger partial charge in [0.1, 0.15) is 0 Å². The largest absolute Gasteiger partial charge is 0.336 e. The van der Waals surface area contributed by atoms with Crippen molar-refractivity contribution in [2.24, 2.45) is 5.92 Å². The Labute approximate surface area is 128 Å². The lowest BCUT2D eigenvalue weighted by Gasteiger charge is -2.30. The van der Waals surface area contributed by atoms with Crippen molar-refractivity contribution in [3.63, 3.8) is 0 Å². The van der Waals surface area contributed by atoms with Crippen LogP contribution in [0.15, 0.2) is 30.3 Å². The van der Waals surface area contributed by atoms with E-state index in [1.165, 1.54) is 24.8 Å². The van der Waals surface area contributed by atoms with Gasteiger partial charge in [0, 0.05) is 12.1 Å². The van der Waals surface area contributed by atoms with Crippen LogP contribution in [0.5, 0.6) is 0 Å². The normalized spacial score (nSPS) is 23.3. The van der Waals surface area contributed by atoms with Gasteiger partial charge in [-0.3, -0.25) is 0 Å². The molecule has 1 aliphatic rings. The van der Waals surface area contributed by atoms with Gasteiger partial charge in [-0.1, -0.05) is 50.1 Å². The lowest BCUT2D eigenvalue weighted by molar-refractivity contribution is 0.218. The number of carbonyl (C=O) groups excluding carboxylic acids is 1. The van der Waals surface area contributed by atoms with Crippen LogP contribution < -0.4 is 10.6 Å². The van der Waals surface area contributed by atoms with Gasteiger partial charge in [-0.15, -0.1) is 0 Å². The summed E-state index contributed by atoms with van der Waals surface area (Å²) in [5.41, 5.74) is 1.33. The highest BCUT2D eigenvalue weighted by Gasteiger charge is 2.23. The Hall–Kier alpha value is -1.51. The number of amides is 2. The van der Waals surface area contributed by atoms with Crippen LogP contribution in [-0.2, 0) is 6.42 Å². The fourth-order valence-electron chi connectivity index (χ4n) is 3.06. The number of aryl methyl sites for hydroxylation is 1. The third-order valence-electron chi connectivity index (χ3n) is 4.51. The standard InChI is InChI=1S/C18H28N2O/c1-14-8-6-7-11-17(14)20-18(21)19-15(2)12-13-16-9-4-3-5-10-16/h3-5,9-10,14-15,17H,6-8,11-13H2,1-2H3,(H2,19,20,21)/t14-,15-,17+/m1/s1. The number of hydrogen-bond donors (Lipinski definition) is 2. The van der Waals surface area contributed by atoms with Crippen molar-refractivity contribution in [3.05, 3.63) is 35.9 Å². The van der Waals surface area contributed by atoms with Crippen molar-refractivity contribution in [2.45, 2.75) is 64.5 Å². The van der Waals surface area contributed by atoms with E-state index in [0.29, 0.717) is 12.0 Å². The smallest absolute Gasteiger partial charge is 0.315 e. The van der Waals surface area contributed by atoms with Gasteiger partial charge in [0.15, 0.2) is 0 Å². The average Bonchev–Trinajstić information content (AvgIpc) is 2.48. The molecule has 0 radical (unpaired) electrons. The molecule has 1 aromatic rings. The van der Waals surface area contributed by atoms with Gasteiger partial charge in [0.05, 0.1) is 0 Å². The maximum absolute atomic E-state index is 12.1. The molecular weight excluding hydrogens is 260 g/mol. The minimum Gasteiger partial charge on any atom is -0.336 e. The van der Waals surface area contributed by atoms with Crippen LogP contribution in [0.2, 0.25) is 0 Å². The van der Waals surface area contributed by atoms with Crippen LogP contribution in [0.4, 0.5) is 4.79 Å². The van der Waals surface area contributed by atoms with Gasteiger partial charge in [0.2, 0.25) is 0 Å². The summed E-state index contributed by atoms with van der Waals surface area (Å²) >= 11 is 0. The Morgan fingerprint density at radius 1 is 1.24 bits per heavy atom. The molecular formula is C18H28N2O. The Balaban J connectivity index is 1.69. The fourth-order valence-corrected chi connectivity index (χ4v) is 3.06. The molecule has 0 unspecified atom stereocenters. The third kappa shape index (κ3) is 5.41. The highest BCUT2D eigenvalue weighted by molar-refractivity contribution is 5.74. The van der Waals surface area contributed by atoms with Gasteiger partial charge < -0.3 is 10.6 Å². The van der Waals surface area contributed by atoms with Crippen molar-refractivity contribution in [3.8, 4) is 0 Å². The second-order valence-corrected chi connectivity index (χ2v) is 6.41.